The van der Waals surface area contributed by atoms with Gasteiger partial charge in [-0.2, -0.15) is 5.10 Å². The van der Waals surface area contributed by atoms with Gasteiger partial charge in [-0.1, -0.05) is 6.92 Å². The average Bonchev–Trinajstić information content (AvgIpc) is 2.68. The maximum atomic E-state index is 5.48. The van der Waals surface area contributed by atoms with E-state index in [0.29, 0.717) is 6.04 Å². The van der Waals surface area contributed by atoms with Crippen molar-refractivity contribution in [2.75, 3.05) is 13.7 Å². The minimum atomic E-state index is -0.0987. The van der Waals surface area contributed by atoms with E-state index in [4.69, 9.17) is 9.84 Å². The molecule has 0 spiro atoms. The van der Waals surface area contributed by atoms with Gasteiger partial charge in [-0.15, -0.1) is 0 Å². The molecule has 0 radical (unpaired) electrons. The molecule has 1 aromatic heterocycles. The molecule has 0 aliphatic heterocycles. The summed E-state index contributed by atoms with van der Waals surface area (Å²) in [6, 6.07) is 0.360. The van der Waals surface area contributed by atoms with Gasteiger partial charge >= 0.3 is 0 Å². The summed E-state index contributed by atoms with van der Waals surface area (Å²) in [4.78, 5) is 0. The molecule has 1 unspecified atom stereocenters. The summed E-state index contributed by atoms with van der Waals surface area (Å²) < 4.78 is 7.60. The predicted octanol–water partition coefficient (Wildman–Crippen LogP) is 3.38. The van der Waals surface area contributed by atoms with Crippen molar-refractivity contribution in [3.05, 3.63) is 17.0 Å². The molecule has 1 N–H and O–H groups in total. The van der Waals surface area contributed by atoms with E-state index in [1.807, 2.05) is 0 Å². The monoisotopic (exact) mass is 281 g/mol. The molecule has 4 nitrogen and oxygen atoms in total. The summed E-state index contributed by atoms with van der Waals surface area (Å²) in [5, 5.41) is 8.25. The third-order valence-electron chi connectivity index (χ3n) is 4.05. The van der Waals surface area contributed by atoms with E-state index in [-0.39, 0.29) is 5.60 Å². The molecule has 0 saturated carbocycles. The fourth-order valence-corrected chi connectivity index (χ4v) is 2.50. The molecule has 1 heterocycles. The van der Waals surface area contributed by atoms with E-state index in [9.17, 15) is 0 Å². The van der Waals surface area contributed by atoms with Crippen LogP contribution in [0.4, 0.5) is 0 Å². The van der Waals surface area contributed by atoms with Gasteiger partial charge in [-0.3, -0.25) is 4.68 Å². The second kappa shape index (κ2) is 7.23. The molecular formula is C16H31N3O. The van der Waals surface area contributed by atoms with E-state index in [0.717, 1.165) is 31.6 Å². The SMILES string of the molecule is CCCNC(C)c1c(C)nn(CCC(C)(C)OC)c1C. The maximum absolute atomic E-state index is 5.48. The van der Waals surface area contributed by atoms with Crippen LogP contribution in [-0.2, 0) is 11.3 Å². The lowest BCUT2D eigenvalue weighted by Gasteiger charge is -2.23. The van der Waals surface area contributed by atoms with Gasteiger partial charge in [0.15, 0.2) is 0 Å². The summed E-state index contributed by atoms with van der Waals surface area (Å²) in [6.07, 6.45) is 2.11. The second-order valence-corrected chi connectivity index (χ2v) is 6.20. The summed E-state index contributed by atoms with van der Waals surface area (Å²) in [7, 11) is 1.77. The molecule has 0 aromatic carbocycles. The van der Waals surface area contributed by atoms with Crippen molar-refractivity contribution in [1.82, 2.24) is 15.1 Å². The highest BCUT2D eigenvalue weighted by atomic mass is 16.5. The summed E-state index contributed by atoms with van der Waals surface area (Å²) in [6.45, 7) is 14.8. The van der Waals surface area contributed by atoms with Crippen molar-refractivity contribution in [2.24, 2.45) is 0 Å². The minimum Gasteiger partial charge on any atom is -0.379 e. The Hall–Kier alpha value is -0.870. The minimum absolute atomic E-state index is 0.0987. The first kappa shape index (κ1) is 17.2. The van der Waals surface area contributed by atoms with Crippen LogP contribution in [0.3, 0.4) is 0 Å². The number of nitrogens with one attached hydrogen (secondary N) is 1. The average molecular weight is 281 g/mol. The third-order valence-corrected chi connectivity index (χ3v) is 4.05. The zero-order chi connectivity index (χ0) is 15.3. The van der Waals surface area contributed by atoms with Gasteiger partial charge < -0.3 is 10.1 Å². The normalized spacial score (nSPS) is 13.8. The molecule has 0 fully saturated rings. The van der Waals surface area contributed by atoms with E-state index >= 15 is 0 Å². The van der Waals surface area contributed by atoms with Crippen molar-refractivity contribution < 1.29 is 4.74 Å². The molecule has 4 heteroatoms. The molecule has 0 bridgehead atoms. The van der Waals surface area contributed by atoms with E-state index in [1.165, 1.54) is 11.3 Å². The van der Waals surface area contributed by atoms with E-state index < -0.39 is 0 Å². The number of ether oxygens (including phenoxy) is 1. The maximum Gasteiger partial charge on any atom is 0.0644 e. The highest BCUT2D eigenvalue weighted by Crippen LogP contribution is 2.23. The molecule has 0 aliphatic rings. The predicted molar refractivity (Wildman–Crippen MR) is 84.1 cm³/mol. The molecule has 1 aromatic rings. The Bertz CT molecular complexity index is 424. The summed E-state index contributed by atoms with van der Waals surface area (Å²) in [5.41, 5.74) is 3.64. The Morgan fingerprint density at radius 1 is 1.35 bits per heavy atom. The van der Waals surface area contributed by atoms with Crippen LogP contribution < -0.4 is 5.32 Å². The van der Waals surface area contributed by atoms with Gasteiger partial charge in [0, 0.05) is 31.0 Å². The summed E-state index contributed by atoms with van der Waals surface area (Å²) in [5.74, 6) is 0. The van der Waals surface area contributed by atoms with Crippen LogP contribution in [0.1, 0.15) is 63.5 Å². The molecule has 0 amide bonds. The molecule has 0 aliphatic carbocycles. The number of methoxy groups -OCH3 is 1. The van der Waals surface area contributed by atoms with Gasteiger partial charge in [-0.25, -0.2) is 0 Å². The first-order valence-electron chi connectivity index (χ1n) is 7.64. The first-order chi connectivity index (χ1) is 9.32. The fraction of sp³-hybridized carbons (Fsp3) is 0.812. The van der Waals surface area contributed by atoms with Crippen molar-refractivity contribution in [1.29, 1.82) is 0 Å². The van der Waals surface area contributed by atoms with Crippen LogP contribution >= 0.6 is 0 Å². The van der Waals surface area contributed by atoms with Crippen LogP contribution in [-0.4, -0.2) is 29.0 Å². The fourth-order valence-electron chi connectivity index (χ4n) is 2.50. The standard InChI is InChI=1S/C16H31N3O/c1-8-10-17-12(2)15-13(3)18-19(14(15)4)11-9-16(5,6)20-7/h12,17H,8-11H2,1-7H3. The third kappa shape index (κ3) is 4.32. The van der Waals surface area contributed by atoms with E-state index in [1.54, 1.807) is 7.11 Å². The Labute approximate surface area is 123 Å². The van der Waals surface area contributed by atoms with Crippen molar-refractivity contribution in [3.63, 3.8) is 0 Å². The van der Waals surface area contributed by atoms with Crippen LogP contribution in [0.2, 0.25) is 0 Å². The van der Waals surface area contributed by atoms with Crippen LogP contribution in [0.15, 0.2) is 0 Å². The van der Waals surface area contributed by atoms with Crippen LogP contribution in [0, 0.1) is 13.8 Å². The van der Waals surface area contributed by atoms with Gasteiger partial charge in [0.25, 0.3) is 0 Å². The van der Waals surface area contributed by atoms with Gasteiger partial charge in [0.2, 0.25) is 0 Å². The van der Waals surface area contributed by atoms with E-state index in [2.05, 4.69) is 51.5 Å². The zero-order valence-electron chi connectivity index (χ0n) is 14.2. The largest absolute Gasteiger partial charge is 0.379 e. The molecule has 1 atom stereocenters. The Balaban J connectivity index is 2.81. The zero-order valence-corrected chi connectivity index (χ0v) is 14.2. The number of aryl methyl sites for hydroxylation is 2. The second-order valence-electron chi connectivity index (χ2n) is 6.20. The highest BCUT2D eigenvalue weighted by molar-refractivity contribution is 5.27. The van der Waals surface area contributed by atoms with Crippen molar-refractivity contribution in [3.8, 4) is 0 Å². The lowest BCUT2D eigenvalue weighted by Crippen LogP contribution is -2.25. The van der Waals surface area contributed by atoms with Gasteiger partial charge in [0.1, 0.15) is 0 Å². The van der Waals surface area contributed by atoms with Gasteiger partial charge in [0.05, 0.1) is 11.3 Å². The Kier molecular flexibility index (Phi) is 6.21. The van der Waals surface area contributed by atoms with Gasteiger partial charge in [-0.05, 0) is 54.0 Å². The molecular weight excluding hydrogens is 250 g/mol. The van der Waals surface area contributed by atoms with Crippen molar-refractivity contribution in [2.45, 2.75) is 72.6 Å². The first-order valence-corrected chi connectivity index (χ1v) is 7.64. The number of rotatable bonds is 8. The lowest BCUT2D eigenvalue weighted by atomic mass is 10.0. The van der Waals surface area contributed by atoms with Crippen LogP contribution in [0.25, 0.3) is 0 Å². The topological polar surface area (TPSA) is 39.1 Å². The van der Waals surface area contributed by atoms with Crippen molar-refractivity contribution >= 4 is 0 Å². The molecule has 116 valence electrons. The number of aromatic nitrogens is 2. The molecule has 1 rings (SSSR count). The number of nitrogens with zero attached hydrogens (tertiary/aromatic N) is 2. The number of hydrogen-bond donors (Lipinski definition) is 1. The highest BCUT2D eigenvalue weighted by Gasteiger charge is 2.20. The smallest absolute Gasteiger partial charge is 0.0644 e. The number of hydrogen-bond acceptors (Lipinski definition) is 3. The quantitative estimate of drug-likeness (QED) is 0.794. The molecule has 20 heavy (non-hydrogen) atoms. The molecule has 0 saturated heterocycles. The Morgan fingerprint density at radius 2 is 2.00 bits per heavy atom. The summed E-state index contributed by atoms with van der Waals surface area (Å²) >= 11 is 0. The van der Waals surface area contributed by atoms with Crippen LogP contribution in [0.5, 0.6) is 0 Å². The Morgan fingerprint density at radius 3 is 2.55 bits per heavy atom. The lowest BCUT2D eigenvalue weighted by molar-refractivity contribution is 0.0112.